The second-order valence-electron chi connectivity index (χ2n) is 5.18. The molecule has 0 bridgehead atoms. The van der Waals surface area contributed by atoms with Gasteiger partial charge in [0.15, 0.2) is 5.82 Å². The van der Waals surface area contributed by atoms with Crippen LogP contribution in [0.15, 0.2) is 6.33 Å². The van der Waals surface area contributed by atoms with Gasteiger partial charge in [0.1, 0.15) is 12.4 Å². The van der Waals surface area contributed by atoms with Crippen LogP contribution in [0.4, 0.5) is 4.79 Å². The van der Waals surface area contributed by atoms with E-state index in [-0.39, 0.29) is 30.3 Å². The molecule has 0 unspecified atom stereocenters. The van der Waals surface area contributed by atoms with Crippen molar-refractivity contribution in [2.24, 2.45) is 7.05 Å². The Morgan fingerprint density at radius 2 is 2.38 bits per heavy atom. The molecule has 8 heteroatoms. The number of methoxy groups -OCH3 is 1. The van der Waals surface area contributed by atoms with Gasteiger partial charge in [-0.2, -0.15) is 0 Å². The number of rotatable bonds is 6. The Bertz CT molecular complexity index is 478. The first-order chi connectivity index (χ1) is 10.1. The van der Waals surface area contributed by atoms with Gasteiger partial charge in [0.2, 0.25) is 0 Å². The molecule has 1 fully saturated rings. The van der Waals surface area contributed by atoms with Gasteiger partial charge < -0.3 is 24.7 Å². The molecule has 0 spiro atoms. The maximum atomic E-state index is 12.0. The topological polar surface area (TPSA) is 90.3 Å². The third-order valence-electron chi connectivity index (χ3n) is 3.70. The van der Waals surface area contributed by atoms with Crippen LogP contribution >= 0.6 is 0 Å². The fraction of sp³-hybridized carbons (Fsp3) is 0.769. The monoisotopic (exact) mass is 297 g/mol. The minimum atomic E-state index is -0.243. The lowest BCUT2D eigenvalue weighted by atomic mass is 9.85. The van der Waals surface area contributed by atoms with E-state index in [0.29, 0.717) is 12.4 Å². The van der Waals surface area contributed by atoms with Crippen LogP contribution in [0.25, 0.3) is 0 Å². The van der Waals surface area contributed by atoms with Crippen molar-refractivity contribution in [3.63, 3.8) is 0 Å². The zero-order chi connectivity index (χ0) is 15.4. The molecule has 0 aromatic carbocycles. The van der Waals surface area contributed by atoms with E-state index in [1.165, 1.54) is 0 Å². The number of aryl methyl sites for hydroxylation is 1. The molecule has 2 amide bonds. The SMILES string of the molecule is CCO[C@@H]1C[C@H](NC(=O)N[C@@H](C)c2nncn2C)[C@H]1OC. The van der Waals surface area contributed by atoms with Crippen molar-refractivity contribution in [3.05, 3.63) is 12.2 Å². The fourth-order valence-electron chi connectivity index (χ4n) is 2.57. The second-order valence-corrected chi connectivity index (χ2v) is 5.18. The Labute approximate surface area is 124 Å². The summed E-state index contributed by atoms with van der Waals surface area (Å²) in [6.45, 7) is 4.45. The normalized spacial score (nSPS) is 26.0. The number of nitrogens with zero attached hydrogens (tertiary/aromatic N) is 3. The Morgan fingerprint density at radius 1 is 1.62 bits per heavy atom. The quantitative estimate of drug-likeness (QED) is 0.791. The maximum Gasteiger partial charge on any atom is 0.315 e. The highest BCUT2D eigenvalue weighted by atomic mass is 16.5. The summed E-state index contributed by atoms with van der Waals surface area (Å²) in [7, 11) is 3.47. The van der Waals surface area contributed by atoms with Crippen molar-refractivity contribution < 1.29 is 14.3 Å². The van der Waals surface area contributed by atoms with Crippen molar-refractivity contribution in [2.75, 3.05) is 13.7 Å². The largest absolute Gasteiger partial charge is 0.377 e. The number of nitrogens with one attached hydrogen (secondary N) is 2. The lowest BCUT2D eigenvalue weighted by Gasteiger charge is -2.43. The molecular weight excluding hydrogens is 274 g/mol. The zero-order valence-corrected chi connectivity index (χ0v) is 12.9. The van der Waals surface area contributed by atoms with Gasteiger partial charge in [0, 0.05) is 20.8 Å². The number of ether oxygens (including phenoxy) is 2. The van der Waals surface area contributed by atoms with E-state index in [0.717, 1.165) is 6.42 Å². The first-order valence-corrected chi connectivity index (χ1v) is 7.12. The summed E-state index contributed by atoms with van der Waals surface area (Å²) in [5.41, 5.74) is 0. The molecule has 1 aromatic heterocycles. The standard InChI is InChI=1S/C13H23N5O3/c1-5-21-10-6-9(11(10)20-4)16-13(19)15-8(2)12-17-14-7-18(12)3/h7-11H,5-6H2,1-4H3,(H2,15,16,19)/t8-,9-,10+,11+/m0/s1. The summed E-state index contributed by atoms with van der Waals surface area (Å²) < 4.78 is 12.7. The Hall–Kier alpha value is -1.67. The van der Waals surface area contributed by atoms with Crippen LogP contribution < -0.4 is 10.6 Å². The number of carbonyl (C=O) groups is 1. The average Bonchev–Trinajstić information content (AvgIpc) is 2.84. The van der Waals surface area contributed by atoms with Gasteiger partial charge in [-0.1, -0.05) is 0 Å². The van der Waals surface area contributed by atoms with Gasteiger partial charge in [-0.05, 0) is 20.3 Å². The molecule has 0 aliphatic heterocycles. The van der Waals surface area contributed by atoms with Crippen LogP contribution in [-0.4, -0.2) is 52.8 Å². The minimum Gasteiger partial charge on any atom is -0.377 e. The van der Waals surface area contributed by atoms with Crippen molar-refractivity contribution in [1.29, 1.82) is 0 Å². The molecule has 2 rings (SSSR count). The summed E-state index contributed by atoms with van der Waals surface area (Å²) in [5.74, 6) is 0.703. The van der Waals surface area contributed by atoms with Crippen LogP contribution in [-0.2, 0) is 16.5 Å². The lowest BCUT2D eigenvalue weighted by Crippen LogP contribution is -2.62. The molecule has 8 nitrogen and oxygen atoms in total. The number of carbonyl (C=O) groups excluding carboxylic acids is 1. The zero-order valence-electron chi connectivity index (χ0n) is 12.9. The molecule has 1 aliphatic carbocycles. The molecule has 1 heterocycles. The maximum absolute atomic E-state index is 12.0. The summed E-state index contributed by atoms with van der Waals surface area (Å²) in [5, 5.41) is 13.5. The molecule has 118 valence electrons. The summed E-state index contributed by atoms with van der Waals surface area (Å²) in [4.78, 5) is 12.0. The number of urea groups is 1. The highest BCUT2D eigenvalue weighted by Gasteiger charge is 2.43. The van der Waals surface area contributed by atoms with E-state index in [9.17, 15) is 4.79 Å². The van der Waals surface area contributed by atoms with Gasteiger partial charge in [-0.25, -0.2) is 4.79 Å². The van der Waals surface area contributed by atoms with E-state index < -0.39 is 0 Å². The molecule has 4 atom stereocenters. The Kier molecular flexibility index (Phi) is 5.13. The number of aromatic nitrogens is 3. The molecule has 1 aliphatic rings. The first-order valence-electron chi connectivity index (χ1n) is 7.12. The predicted molar refractivity (Wildman–Crippen MR) is 75.7 cm³/mol. The smallest absolute Gasteiger partial charge is 0.315 e. The Morgan fingerprint density at radius 3 is 2.95 bits per heavy atom. The van der Waals surface area contributed by atoms with E-state index in [1.54, 1.807) is 18.0 Å². The molecule has 2 N–H and O–H groups in total. The van der Waals surface area contributed by atoms with Gasteiger partial charge in [-0.15, -0.1) is 10.2 Å². The van der Waals surface area contributed by atoms with Gasteiger partial charge in [0.05, 0.1) is 18.2 Å². The third-order valence-corrected chi connectivity index (χ3v) is 3.70. The highest BCUT2D eigenvalue weighted by molar-refractivity contribution is 5.74. The van der Waals surface area contributed by atoms with Crippen LogP contribution in [0.3, 0.4) is 0 Å². The second kappa shape index (κ2) is 6.86. The van der Waals surface area contributed by atoms with Crippen LogP contribution in [0.1, 0.15) is 32.1 Å². The highest BCUT2D eigenvalue weighted by Crippen LogP contribution is 2.26. The molecule has 0 radical (unpaired) electrons. The predicted octanol–water partition coefficient (Wildman–Crippen LogP) is 0.368. The lowest BCUT2D eigenvalue weighted by molar-refractivity contribution is -0.128. The Balaban J connectivity index is 1.81. The van der Waals surface area contributed by atoms with Crippen LogP contribution in [0.5, 0.6) is 0 Å². The molecule has 1 saturated carbocycles. The van der Waals surface area contributed by atoms with Crippen molar-refractivity contribution in [2.45, 2.75) is 44.6 Å². The number of hydrogen-bond acceptors (Lipinski definition) is 5. The third kappa shape index (κ3) is 3.51. The minimum absolute atomic E-state index is 0.0294. The summed E-state index contributed by atoms with van der Waals surface area (Å²) in [6.07, 6.45) is 2.32. The van der Waals surface area contributed by atoms with E-state index in [1.807, 2.05) is 20.9 Å². The van der Waals surface area contributed by atoms with E-state index >= 15 is 0 Å². The van der Waals surface area contributed by atoms with Gasteiger partial charge in [0.25, 0.3) is 0 Å². The summed E-state index contributed by atoms with van der Waals surface area (Å²) in [6, 6.07) is -0.494. The first kappa shape index (κ1) is 15.7. The van der Waals surface area contributed by atoms with Gasteiger partial charge in [-0.3, -0.25) is 0 Å². The number of amides is 2. The molecule has 0 saturated heterocycles. The molecule has 21 heavy (non-hydrogen) atoms. The fourth-order valence-corrected chi connectivity index (χ4v) is 2.57. The average molecular weight is 297 g/mol. The number of hydrogen-bond donors (Lipinski definition) is 2. The summed E-state index contributed by atoms with van der Waals surface area (Å²) >= 11 is 0. The van der Waals surface area contributed by atoms with Crippen molar-refractivity contribution in [3.8, 4) is 0 Å². The molecule has 1 aromatic rings. The van der Waals surface area contributed by atoms with E-state index in [4.69, 9.17) is 9.47 Å². The van der Waals surface area contributed by atoms with Crippen LogP contribution in [0.2, 0.25) is 0 Å². The van der Waals surface area contributed by atoms with Crippen molar-refractivity contribution >= 4 is 6.03 Å². The van der Waals surface area contributed by atoms with E-state index in [2.05, 4.69) is 20.8 Å². The van der Waals surface area contributed by atoms with Gasteiger partial charge >= 0.3 is 6.03 Å². The van der Waals surface area contributed by atoms with Crippen molar-refractivity contribution in [1.82, 2.24) is 25.4 Å². The van der Waals surface area contributed by atoms with Crippen LogP contribution in [0, 0.1) is 0 Å². The molecular formula is C13H23N5O3.